The number of benzene rings is 1. The quantitative estimate of drug-likeness (QED) is 0.410. The zero-order valence-corrected chi connectivity index (χ0v) is 19.9. The summed E-state index contributed by atoms with van der Waals surface area (Å²) in [6.45, 7) is 1.77. The number of carbonyl (C=O) groups is 1. The maximum Gasteiger partial charge on any atom is 0.272 e. The first-order chi connectivity index (χ1) is 17.7. The van der Waals surface area contributed by atoms with Crippen molar-refractivity contribution in [1.29, 1.82) is 0 Å². The summed E-state index contributed by atoms with van der Waals surface area (Å²) < 4.78 is 7.79. The highest BCUT2D eigenvalue weighted by Gasteiger charge is 2.32. The topological polar surface area (TPSA) is 93.4 Å². The molecule has 0 unspecified atom stereocenters. The van der Waals surface area contributed by atoms with Crippen molar-refractivity contribution in [1.82, 2.24) is 24.6 Å². The van der Waals surface area contributed by atoms with Crippen LogP contribution >= 0.6 is 0 Å². The summed E-state index contributed by atoms with van der Waals surface area (Å²) in [6, 6.07) is 15.7. The summed E-state index contributed by atoms with van der Waals surface area (Å²) in [5.41, 5.74) is 6.03. The minimum absolute atomic E-state index is 0.0721. The fraction of sp³-hybridized carbons (Fsp3) is 0.286. The molecule has 8 nitrogen and oxygen atoms in total. The Bertz CT molecular complexity index is 1360. The fourth-order valence-electron chi connectivity index (χ4n) is 4.65. The summed E-state index contributed by atoms with van der Waals surface area (Å²) in [5.74, 6) is 1.26. The molecule has 0 saturated heterocycles. The van der Waals surface area contributed by atoms with E-state index in [9.17, 15) is 9.90 Å². The lowest BCUT2D eigenvalue weighted by Crippen LogP contribution is -2.42. The SMILES string of the molecule is O=C1c2c(-c3ccc(OCc4ccc(C5CC5)nc4)cc3)c(-c3ccncc3)nn2CCN1CCO. The molecule has 0 bridgehead atoms. The number of hydrogen-bond donors (Lipinski definition) is 1. The summed E-state index contributed by atoms with van der Waals surface area (Å²) >= 11 is 0. The molecule has 4 heterocycles. The van der Waals surface area contributed by atoms with Crippen LogP contribution in [-0.2, 0) is 13.2 Å². The van der Waals surface area contributed by atoms with Crippen LogP contribution in [0.25, 0.3) is 22.4 Å². The van der Waals surface area contributed by atoms with Gasteiger partial charge in [-0.2, -0.15) is 5.10 Å². The van der Waals surface area contributed by atoms with Gasteiger partial charge in [0.25, 0.3) is 5.91 Å². The lowest BCUT2D eigenvalue weighted by molar-refractivity contribution is 0.0662. The van der Waals surface area contributed by atoms with Crippen LogP contribution in [0.1, 0.15) is 40.5 Å². The number of ether oxygens (including phenoxy) is 1. The summed E-state index contributed by atoms with van der Waals surface area (Å²) in [7, 11) is 0. The van der Waals surface area contributed by atoms with E-state index in [2.05, 4.69) is 22.1 Å². The Hall–Kier alpha value is -4.04. The molecule has 1 N–H and O–H groups in total. The van der Waals surface area contributed by atoms with Gasteiger partial charge in [0.15, 0.2) is 0 Å². The molecule has 182 valence electrons. The van der Waals surface area contributed by atoms with Crippen molar-refractivity contribution in [2.75, 3.05) is 19.7 Å². The number of aromatic nitrogens is 4. The second-order valence-corrected chi connectivity index (χ2v) is 9.23. The Morgan fingerprint density at radius 2 is 1.78 bits per heavy atom. The third kappa shape index (κ3) is 4.35. The molecule has 1 aliphatic carbocycles. The molecule has 0 atom stereocenters. The van der Waals surface area contributed by atoms with Crippen LogP contribution in [0.5, 0.6) is 5.75 Å². The average molecular weight is 482 g/mol. The third-order valence-corrected chi connectivity index (χ3v) is 6.74. The number of β-amino-alcohol motifs (C(OH)–C–C–N with tert-alkyl or cyclic N) is 1. The highest BCUT2D eigenvalue weighted by molar-refractivity contribution is 6.03. The number of carbonyl (C=O) groups excluding carboxylic acids is 1. The van der Waals surface area contributed by atoms with Crippen molar-refractivity contribution in [3.05, 3.63) is 84.1 Å². The largest absolute Gasteiger partial charge is 0.489 e. The minimum Gasteiger partial charge on any atom is -0.489 e. The second-order valence-electron chi connectivity index (χ2n) is 9.23. The number of nitrogens with zero attached hydrogens (tertiary/aromatic N) is 5. The van der Waals surface area contributed by atoms with E-state index in [1.807, 2.05) is 42.6 Å². The molecule has 3 aromatic heterocycles. The molecule has 6 rings (SSSR count). The van der Waals surface area contributed by atoms with E-state index in [1.54, 1.807) is 22.0 Å². The molecule has 0 radical (unpaired) electrons. The van der Waals surface area contributed by atoms with E-state index in [0.717, 1.165) is 33.7 Å². The van der Waals surface area contributed by atoms with Gasteiger partial charge in [0.2, 0.25) is 0 Å². The Labute approximate surface area is 209 Å². The first-order valence-electron chi connectivity index (χ1n) is 12.3. The van der Waals surface area contributed by atoms with Gasteiger partial charge in [-0.25, -0.2) is 0 Å². The van der Waals surface area contributed by atoms with E-state index in [0.29, 0.717) is 37.9 Å². The molecule has 8 heteroatoms. The molecule has 1 fully saturated rings. The second kappa shape index (κ2) is 9.54. The zero-order chi connectivity index (χ0) is 24.5. The van der Waals surface area contributed by atoms with E-state index in [4.69, 9.17) is 9.84 Å². The van der Waals surface area contributed by atoms with Gasteiger partial charge in [0.05, 0.1) is 13.2 Å². The molecular weight excluding hydrogens is 454 g/mol. The number of rotatable bonds is 8. The van der Waals surface area contributed by atoms with Crippen LogP contribution < -0.4 is 4.74 Å². The lowest BCUT2D eigenvalue weighted by atomic mass is 9.98. The van der Waals surface area contributed by atoms with Crippen molar-refractivity contribution >= 4 is 5.91 Å². The van der Waals surface area contributed by atoms with Gasteiger partial charge in [-0.15, -0.1) is 0 Å². The molecule has 2 aliphatic rings. The molecule has 1 amide bonds. The lowest BCUT2D eigenvalue weighted by Gasteiger charge is -2.27. The Balaban J connectivity index is 1.28. The Morgan fingerprint density at radius 1 is 0.972 bits per heavy atom. The van der Waals surface area contributed by atoms with Gasteiger partial charge in [-0.3, -0.25) is 19.4 Å². The molecule has 4 aromatic rings. The number of fused-ring (bicyclic) bond motifs is 1. The minimum atomic E-state index is -0.124. The number of aliphatic hydroxyl groups excluding tert-OH is 1. The van der Waals surface area contributed by atoms with Crippen molar-refractivity contribution in [3.8, 4) is 28.1 Å². The Kier molecular flexibility index (Phi) is 5.95. The van der Waals surface area contributed by atoms with Gasteiger partial charge in [0.1, 0.15) is 23.7 Å². The van der Waals surface area contributed by atoms with Crippen LogP contribution in [0.3, 0.4) is 0 Å². The van der Waals surface area contributed by atoms with Crippen molar-refractivity contribution < 1.29 is 14.6 Å². The van der Waals surface area contributed by atoms with Crippen LogP contribution in [0.2, 0.25) is 0 Å². The van der Waals surface area contributed by atoms with Crippen LogP contribution in [0.4, 0.5) is 0 Å². The molecule has 1 aromatic carbocycles. The standard InChI is InChI=1S/C28H27N5O3/c34-16-15-32-13-14-33-27(28(32)35)25(26(31-33)22-9-11-29-12-10-22)21-4-6-23(7-5-21)36-18-19-1-8-24(30-17-19)20-2-3-20/h1,4-12,17,20,34H,2-3,13-16,18H2. The molecule has 1 aliphatic heterocycles. The number of amides is 1. The number of hydrogen-bond acceptors (Lipinski definition) is 6. The average Bonchev–Trinajstić information content (AvgIpc) is 3.70. The summed E-state index contributed by atoms with van der Waals surface area (Å²) in [5, 5.41) is 14.2. The van der Waals surface area contributed by atoms with Gasteiger partial charge in [-0.05, 0) is 48.7 Å². The third-order valence-electron chi connectivity index (χ3n) is 6.74. The number of pyridine rings is 2. The van der Waals surface area contributed by atoms with Crippen molar-refractivity contribution in [2.45, 2.75) is 31.9 Å². The molecule has 1 saturated carbocycles. The van der Waals surface area contributed by atoms with Gasteiger partial charge in [0, 0.05) is 60.0 Å². The van der Waals surface area contributed by atoms with Gasteiger partial charge in [-0.1, -0.05) is 18.2 Å². The first-order valence-corrected chi connectivity index (χ1v) is 12.3. The van der Waals surface area contributed by atoms with Crippen molar-refractivity contribution in [2.24, 2.45) is 0 Å². The van der Waals surface area contributed by atoms with E-state index < -0.39 is 0 Å². The van der Waals surface area contributed by atoms with Crippen LogP contribution in [0.15, 0.2) is 67.1 Å². The van der Waals surface area contributed by atoms with Crippen LogP contribution in [0, 0.1) is 0 Å². The molecule has 36 heavy (non-hydrogen) atoms. The predicted octanol–water partition coefficient (Wildman–Crippen LogP) is 3.91. The maximum atomic E-state index is 13.4. The van der Waals surface area contributed by atoms with Gasteiger partial charge >= 0.3 is 0 Å². The highest BCUT2D eigenvalue weighted by atomic mass is 16.5. The summed E-state index contributed by atoms with van der Waals surface area (Å²) in [6.07, 6.45) is 7.82. The predicted molar refractivity (Wildman–Crippen MR) is 134 cm³/mol. The smallest absolute Gasteiger partial charge is 0.272 e. The van der Waals surface area contributed by atoms with Crippen LogP contribution in [-0.4, -0.2) is 55.4 Å². The van der Waals surface area contributed by atoms with Crippen molar-refractivity contribution in [3.63, 3.8) is 0 Å². The van der Waals surface area contributed by atoms with E-state index in [-0.39, 0.29) is 12.5 Å². The zero-order valence-electron chi connectivity index (χ0n) is 19.9. The summed E-state index contributed by atoms with van der Waals surface area (Å²) in [4.78, 5) is 23.7. The van der Waals surface area contributed by atoms with E-state index in [1.165, 1.54) is 18.5 Å². The highest BCUT2D eigenvalue weighted by Crippen LogP contribution is 2.39. The normalized spacial score (nSPS) is 15.1. The fourth-order valence-corrected chi connectivity index (χ4v) is 4.65. The Morgan fingerprint density at radius 3 is 2.47 bits per heavy atom. The van der Waals surface area contributed by atoms with E-state index >= 15 is 0 Å². The molecular formula is C28H27N5O3. The molecule has 0 spiro atoms. The monoisotopic (exact) mass is 481 g/mol. The number of aliphatic hydroxyl groups is 1. The first kappa shape index (κ1) is 22.4. The maximum absolute atomic E-state index is 13.4. The van der Waals surface area contributed by atoms with Gasteiger partial charge < -0.3 is 14.7 Å².